The molecule has 1 aliphatic carbocycles. The van der Waals surface area contributed by atoms with Gasteiger partial charge in [-0.15, -0.1) is 0 Å². The number of ether oxygens (including phenoxy) is 1. The summed E-state index contributed by atoms with van der Waals surface area (Å²) in [5.41, 5.74) is 1.74. The molecule has 1 aliphatic rings. The van der Waals surface area contributed by atoms with E-state index in [1.165, 1.54) is 0 Å². The highest BCUT2D eigenvalue weighted by Gasteiger charge is 2.33. The van der Waals surface area contributed by atoms with Crippen molar-refractivity contribution in [1.29, 1.82) is 0 Å². The van der Waals surface area contributed by atoms with Crippen molar-refractivity contribution in [2.75, 3.05) is 7.11 Å². The van der Waals surface area contributed by atoms with Crippen molar-refractivity contribution in [3.63, 3.8) is 0 Å². The number of ketones is 1. The molecule has 0 amide bonds. The number of Topliss-reactive ketones (excluding diaryl/α,β-unsaturated/α-hetero) is 1. The van der Waals surface area contributed by atoms with Crippen LogP contribution in [0.1, 0.15) is 42.1 Å². The third-order valence-electron chi connectivity index (χ3n) is 4.17. The number of aliphatic carboxylic acids is 1. The fourth-order valence-corrected chi connectivity index (χ4v) is 3.03. The minimum atomic E-state index is -0.829. The number of fused-ring (bicyclic) bond motifs is 1. The van der Waals surface area contributed by atoms with Gasteiger partial charge >= 0.3 is 5.97 Å². The highest BCUT2D eigenvalue weighted by molar-refractivity contribution is 6.00. The molecule has 108 valence electrons. The molecule has 1 aromatic rings. The van der Waals surface area contributed by atoms with Crippen LogP contribution < -0.4 is 4.74 Å². The van der Waals surface area contributed by atoms with Crippen LogP contribution in [0.3, 0.4) is 0 Å². The predicted octanol–water partition coefficient (Wildman–Crippen LogP) is 2.94. The van der Waals surface area contributed by atoms with Gasteiger partial charge in [-0.3, -0.25) is 9.59 Å². The minimum Gasteiger partial charge on any atom is -0.497 e. The third-order valence-corrected chi connectivity index (χ3v) is 4.17. The molecule has 0 heterocycles. The fraction of sp³-hybridized carbons (Fsp3) is 0.500. The van der Waals surface area contributed by atoms with Crippen molar-refractivity contribution in [2.45, 2.75) is 32.6 Å². The number of hydrogen-bond acceptors (Lipinski definition) is 3. The lowest BCUT2D eigenvalue weighted by Gasteiger charge is -2.29. The number of carbonyl (C=O) groups excluding carboxylic acids is 1. The lowest BCUT2D eigenvalue weighted by Crippen LogP contribution is -2.30. The first-order valence-electron chi connectivity index (χ1n) is 6.99. The molecular formula is C16H20O4. The Bertz CT molecular complexity index is 521. The van der Waals surface area contributed by atoms with Gasteiger partial charge in [-0.1, -0.05) is 13.3 Å². The predicted molar refractivity (Wildman–Crippen MR) is 75.2 cm³/mol. The minimum absolute atomic E-state index is 0.0679. The van der Waals surface area contributed by atoms with Crippen molar-refractivity contribution in [3.8, 4) is 5.75 Å². The number of carboxylic acid groups (broad SMARTS) is 1. The second-order valence-electron chi connectivity index (χ2n) is 5.30. The first-order chi connectivity index (χ1) is 9.56. The van der Waals surface area contributed by atoms with E-state index < -0.39 is 5.97 Å². The van der Waals surface area contributed by atoms with Gasteiger partial charge in [0.2, 0.25) is 0 Å². The first-order valence-corrected chi connectivity index (χ1v) is 6.99. The second kappa shape index (κ2) is 6.07. The number of carbonyl (C=O) groups is 2. The molecule has 20 heavy (non-hydrogen) atoms. The summed E-state index contributed by atoms with van der Waals surface area (Å²) >= 11 is 0. The summed E-state index contributed by atoms with van der Waals surface area (Å²) in [6.07, 6.45) is 2.32. The van der Waals surface area contributed by atoms with Gasteiger partial charge in [0.1, 0.15) is 5.75 Å². The van der Waals surface area contributed by atoms with Gasteiger partial charge in [0.25, 0.3) is 0 Å². The average molecular weight is 276 g/mol. The van der Waals surface area contributed by atoms with Crippen molar-refractivity contribution >= 4 is 11.8 Å². The van der Waals surface area contributed by atoms with Crippen LogP contribution in [-0.2, 0) is 11.2 Å². The van der Waals surface area contributed by atoms with Crippen molar-refractivity contribution in [2.24, 2.45) is 11.8 Å². The Morgan fingerprint density at radius 3 is 2.85 bits per heavy atom. The van der Waals surface area contributed by atoms with Gasteiger partial charge < -0.3 is 9.84 Å². The van der Waals surface area contributed by atoms with Crippen LogP contribution in [-0.4, -0.2) is 24.0 Å². The molecule has 2 rings (SSSR count). The van der Waals surface area contributed by atoms with E-state index in [4.69, 9.17) is 9.84 Å². The molecule has 0 aliphatic heterocycles. The zero-order chi connectivity index (χ0) is 14.7. The highest BCUT2D eigenvalue weighted by atomic mass is 16.5. The van der Waals surface area contributed by atoms with Gasteiger partial charge in [-0.2, -0.15) is 0 Å². The Morgan fingerprint density at radius 2 is 2.25 bits per heavy atom. The topological polar surface area (TPSA) is 63.6 Å². The summed E-state index contributed by atoms with van der Waals surface area (Å²) in [6.45, 7) is 1.95. The number of aryl methyl sites for hydroxylation is 1. The van der Waals surface area contributed by atoms with Gasteiger partial charge in [0.05, 0.1) is 7.11 Å². The molecular weight excluding hydrogens is 256 g/mol. The van der Waals surface area contributed by atoms with Gasteiger partial charge in [0.15, 0.2) is 5.78 Å². The van der Waals surface area contributed by atoms with E-state index in [1.807, 2.05) is 13.0 Å². The molecule has 2 unspecified atom stereocenters. The van der Waals surface area contributed by atoms with E-state index in [2.05, 4.69) is 0 Å². The lowest BCUT2D eigenvalue weighted by molar-refractivity contribution is -0.138. The van der Waals surface area contributed by atoms with E-state index in [1.54, 1.807) is 19.2 Å². The van der Waals surface area contributed by atoms with Crippen LogP contribution in [0.25, 0.3) is 0 Å². The zero-order valence-corrected chi connectivity index (χ0v) is 11.9. The monoisotopic (exact) mass is 276 g/mol. The molecule has 1 N–H and O–H groups in total. The van der Waals surface area contributed by atoms with Crippen LogP contribution in [0.15, 0.2) is 18.2 Å². The molecule has 0 bridgehead atoms. The number of methoxy groups -OCH3 is 1. The molecule has 4 heteroatoms. The Morgan fingerprint density at radius 1 is 1.50 bits per heavy atom. The number of hydrogen-bond donors (Lipinski definition) is 1. The van der Waals surface area contributed by atoms with E-state index in [0.717, 1.165) is 29.7 Å². The van der Waals surface area contributed by atoms with Crippen LogP contribution in [0, 0.1) is 11.8 Å². The molecule has 0 fully saturated rings. The molecule has 2 atom stereocenters. The molecule has 0 aromatic heterocycles. The van der Waals surface area contributed by atoms with Crippen LogP contribution in [0.4, 0.5) is 0 Å². The van der Waals surface area contributed by atoms with E-state index in [-0.39, 0.29) is 24.0 Å². The standard InChI is InChI=1S/C16H20O4/c1-3-10(9-15(17)18)13-6-4-11-8-12(20-2)5-7-14(11)16(13)19/h5,7-8,10,13H,3-4,6,9H2,1-2H3,(H,17,18). The van der Waals surface area contributed by atoms with Gasteiger partial charge in [-0.05, 0) is 42.5 Å². The number of carboxylic acids is 1. The Balaban J connectivity index is 2.24. The maximum Gasteiger partial charge on any atom is 0.303 e. The number of benzene rings is 1. The fourth-order valence-electron chi connectivity index (χ4n) is 3.03. The zero-order valence-electron chi connectivity index (χ0n) is 11.9. The lowest BCUT2D eigenvalue weighted by atomic mass is 9.74. The summed E-state index contributed by atoms with van der Waals surface area (Å²) in [7, 11) is 1.61. The summed E-state index contributed by atoms with van der Waals surface area (Å²) in [5.74, 6) is -0.230. The summed E-state index contributed by atoms with van der Waals surface area (Å²) in [5, 5.41) is 8.97. The Kier molecular flexibility index (Phi) is 4.42. The van der Waals surface area contributed by atoms with E-state index >= 15 is 0 Å². The quantitative estimate of drug-likeness (QED) is 0.898. The smallest absolute Gasteiger partial charge is 0.303 e. The largest absolute Gasteiger partial charge is 0.497 e. The maximum absolute atomic E-state index is 12.6. The Hall–Kier alpha value is -1.84. The van der Waals surface area contributed by atoms with Crippen LogP contribution >= 0.6 is 0 Å². The van der Waals surface area contributed by atoms with E-state index in [9.17, 15) is 9.59 Å². The van der Waals surface area contributed by atoms with Gasteiger partial charge in [0, 0.05) is 17.9 Å². The van der Waals surface area contributed by atoms with Crippen molar-refractivity contribution in [3.05, 3.63) is 29.3 Å². The number of rotatable bonds is 5. The second-order valence-corrected chi connectivity index (χ2v) is 5.30. The highest BCUT2D eigenvalue weighted by Crippen LogP contribution is 2.34. The van der Waals surface area contributed by atoms with E-state index in [0.29, 0.717) is 6.42 Å². The molecule has 0 saturated heterocycles. The molecule has 4 nitrogen and oxygen atoms in total. The summed E-state index contributed by atoms with van der Waals surface area (Å²) < 4.78 is 5.17. The summed E-state index contributed by atoms with van der Waals surface area (Å²) in [6, 6.07) is 5.50. The first kappa shape index (κ1) is 14.6. The molecule has 0 saturated carbocycles. The summed E-state index contributed by atoms with van der Waals surface area (Å²) in [4.78, 5) is 23.5. The van der Waals surface area contributed by atoms with Crippen LogP contribution in [0.2, 0.25) is 0 Å². The molecule has 1 aromatic carbocycles. The third kappa shape index (κ3) is 2.84. The molecule has 0 radical (unpaired) electrons. The van der Waals surface area contributed by atoms with Gasteiger partial charge in [-0.25, -0.2) is 0 Å². The van der Waals surface area contributed by atoms with Crippen molar-refractivity contribution < 1.29 is 19.4 Å². The van der Waals surface area contributed by atoms with Crippen LogP contribution in [0.5, 0.6) is 5.75 Å². The Labute approximate surface area is 118 Å². The SMILES string of the molecule is CCC(CC(=O)O)C1CCc2cc(OC)ccc2C1=O. The average Bonchev–Trinajstić information content (AvgIpc) is 2.45. The van der Waals surface area contributed by atoms with Crippen molar-refractivity contribution in [1.82, 2.24) is 0 Å². The maximum atomic E-state index is 12.6. The normalized spacial score (nSPS) is 19.3. The molecule has 0 spiro atoms.